The lowest BCUT2D eigenvalue weighted by Gasteiger charge is -2.39. The number of nitrogens with one attached hydrogen (secondary N) is 1. The molecule has 5 nitrogen and oxygen atoms in total. The average Bonchev–Trinajstić information content (AvgIpc) is 2.33. The van der Waals surface area contributed by atoms with Crippen molar-refractivity contribution in [1.82, 2.24) is 10.2 Å². The molecule has 1 aliphatic rings. The summed E-state index contributed by atoms with van der Waals surface area (Å²) in [4.78, 5) is 25.0. The van der Waals surface area contributed by atoms with Gasteiger partial charge in [0.25, 0.3) is 0 Å². The summed E-state index contributed by atoms with van der Waals surface area (Å²) in [5.74, 6) is -0.672. The first kappa shape index (κ1) is 18.0. The highest BCUT2D eigenvalue weighted by molar-refractivity contribution is 5.78. The maximum Gasteiger partial charge on any atom is 0.303 e. The first-order valence-electron chi connectivity index (χ1n) is 7.82. The fraction of sp³-hybridized carbons (Fsp3) is 0.875. The molecule has 1 saturated heterocycles. The van der Waals surface area contributed by atoms with Crippen molar-refractivity contribution >= 4 is 11.9 Å². The van der Waals surface area contributed by atoms with Crippen LogP contribution < -0.4 is 5.32 Å². The monoisotopic (exact) mass is 298 g/mol. The van der Waals surface area contributed by atoms with Gasteiger partial charge < -0.3 is 15.3 Å². The van der Waals surface area contributed by atoms with E-state index < -0.39 is 5.97 Å². The van der Waals surface area contributed by atoms with Gasteiger partial charge in [-0.05, 0) is 17.8 Å². The zero-order chi connectivity index (χ0) is 16.2. The van der Waals surface area contributed by atoms with Gasteiger partial charge in [0.15, 0.2) is 0 Å². The Morgan fingerprint density at radius 2 is 1.90 bits per heavy atom. The van der Waals surface area contributed by atoms with E-state index in [9.17, 15) is 9.59 Å². The first-order valence-corrected chi connectivity index (χ1v) is 7.82. The van der Waals surface area contributed by atoms with Gasteiger partial charge in [0.2, 0.25) is 5.91 Å². The highest BCUT2D eigenvalue weighted by Gasteiger charge is 2.32. The number of piperidine rings is 1. The molecule has 1 heterocycles. The second kappa shape index (κ2) is 7.25. The van der Waals surface area contributed by atoms with Crippen molar-refractivity contribution in [2.24, 2.45) is 17.3 Å². The number of nitrogens with zero attached hydrogens (tertiary/aromatic N) is 1. The number of carboxylic acid groups (broad SMARTS) is 1. The van der Waals surface area contributed by atoms with Crippen LogP contribution in [0.2, 0.25) is 0 Å². The molecule has 2 unspecified atom stereocenters. The van der Waals surface area contributed by atoms with Gasteiger partial charge in [0.1, 0.15) is 0 Å². The van der Waals surface area contributed by atoms with E-state index in [0.717, 1.165) is 13.0 Å². The molecule has 0 spiro atoms. The molecule has 21 heavy (non-hydrogen) atoms. The predicted molar refractivity (Wildman–Crippen MR) is 83.0 cm³/mol. The van der Waals surface area contributed by atoms with E-state index in [1.165, 1.54) is 0 Å². The molecule has 0 aromatic rings. The smallest absolute Gasteiger partial charge is 0.303 e. The summed E-state index contributed by atoms with van der Waals surface area (Å²) in [7, 11) is 0. The van der Waals surface area contributed by atoms with Gasteiger partial charge in [-0.1, -0.05) is 34.6 Å². The lowest BCUT2D eigenvalue weighted by molar-refractivity contribution is -0.142. The number of carboxylic acids is 1. The minimum absolute atomic E-state index is 0.0384. The predicted octanol–water partition coefficient (Wildman–Crippen LogP) is 1.97. The molecule has 0 aliphatic carbocycles. The Bertz CT molecular complexity index is 374. The zero-order valence-corrected chi connectivity index (χ0v) is 14.0. The fourth-order valence-electron chi connectivity index (χ4n) is 2.74. The van der Waals surface area contributed by atoms with Crippen molar-refractivity contribution in [2.45, 2.75) is 53.5 Å². The highest BCUT2D eigenvalue weighted by atomic mass is 16.4. The van der Waals surface area contributed by atoms with Gasteiger partial charge in [-0.3, -0.25) is 9.59 Å². The molecular formula is C16H30N2O3. The number of aliphatic carboxylic acids is 1. The molecule has 5 heteroatoms. The van der Waals surface area contributed by atoms with Crippen molar-refractivity contribution in [3.05, 3.63) is 0 Å². The van der Waals surface area contributed by atoms with Gasteiger partial charge in [0, 0.05) is 38.0 Å². The van der Waals surface area contributed by atoms with Gasteiger partial charge >= 0.3 is 5.97 Å². The van der Waals surface area contributed by atoms with Gasteiger partial charge in [-0.25, -0.2) is 0 Å². The van der Waals surface area contributed by atoms with Crippen LogP contribution in [0, 0.1) is 17.3 Å². The number of carbonyl (C=O) groups is 2. The molecule has 1 aliphatic heterocycles. The van der Waals surface area contributed by atoms with Crippen molar-refractivity contribution < 1.29 is 14.7 Å². The number of rotatable bonds is 5. The van der Waals surface area contributed by atoms with Crippen LogP contribution in [0.25, 0.3) is 0 Å². The molecule has 122 valence electrons. The lowest BCUT2D eigenvalue weighted by Crippen LogP contribution is -2.53. The summed E-state index contributed by atoms with van der Waals surface area (Å²) in [6, 6.07) is 0.185. The van der Waals surface area contributed by atoms with E-state index in [1.54, 1.807) is 0 Å². The highest BCUT2D eigenvalue weighted by Crippen LogP contribution is 2.22. The summed E-state index contributed by atoms with van der Waals surface area (Å²) in [6.07, 6.45) is 0.958. The molecule has 0 bridgehead atoms. The minimum Gasteiger partial charge on any atom is -0.481 e. The third kappa shape index (κ3) is 6.46. The SMILES string of the molecule is CC(C)C(=O)N1CC(CC(=O)O)CC(NCC(C)(C)C)C1. The van der Waals surface area contributed by atoms with Crippen LogP contribution in [0.3, 0.4) is 0 Å². The number of amides is 1. The Labute approximate surface area is 128 Å². The van der Waals surface area contributed by atoms with Crippen molar-refractivity contribution in [3.8, 4) is 0 Å². The first-order chi connectivity index (χ1) is 9.58. The third-order valence-corrected chi connectivity index (χ3v) is 3.73. The summed E-state index contributed by atoms with van der Waals surface area (Å²) in [6.45, 7) is 12.4. The molecule has 0 aromatic carbocycles. The number of carbonyl (C=O) groups excluding carboxylic acids is 1. The standard InChI is InChI=1S/C16H30N2O3/c1-11(2)15(21)18-8-12(7-14(19)20)6-13(9-18)17-10-16(3,4)5/h11-13,17H,6-10H2,1-5H3,(H,19,20). The maximum absolute atomic E-state index is 12.2. The summed E-state index contributed by atoms with van der Waals surface area (Å²) < 4.78 is 0. The Balaban J connectivity index is 2.70. The number of likely N-dealkylation sites (tertiary alicyclic amines) is 1. The molecule has 0 saturated carbocycles. The second-order valence-electron chi connectivity index (χ2n) is 7.74. The minimum atomic E-state index is -0.784. The van der Waals surface area contributed by atoms with E-state index in [1.807, 2.05) is 18.7 Å². The molecule has 0 aromatic heterocycles. The summed E-state index contributed by atoms with van der Waals surface area (Å²) in [5, 5.41) is 12.5. The number of hydrogen-bond donors (Lipinski definition) is 2. The van der Waals surface area contributed by atoms with Crippen molar-refractivity contribution in [3.63, 3.8) is 0 Å². The zero-order valence-electron chi connectivity index (χ0n) is 14.0. The second-order valence-corrected chi connectivity index (χ2v) is 7.74. The average molecular weight is 298 g/mol. The van der Waals surface area contributed by atoms with Crippen molar-refractivity contribution in [2.75, 3.05) is 19.6 Å². The lowest BCUT2D eigenvalue weighted by atomic mass is 9.89. The van der Waals surface area contributed by atoms with E-state index in [4.69, 9.17) is 5.11 Å². The number of hydrogen-bond acceptors (Lipinski definition) is 3. The van der Waals surface area contributed by atoms with E-state index in [0.29, 0.717) is 13.1 Å². The van der Waals surface area contributed by atoms with Gasteiger partial charge in [-0.15, -0.1) is 0 Å². The van der Waals surface area contributed by atoms with Crippen LogP contribution in [0.15, 0.2) is 0 Å². The summed E-state index contributed by atoms with van der Waals surface area (Å²) >= 11 is 0. The Morgan fingerprint density at radius 1 is 1.29 bits per heavy atom. The fourth-order valence-corrected chi connectivity index (χ4v) is 2.74. The largest absolute Gasteiger partial charge is 0.481 e. The van der Waals surface area contributed by atoms with Crippen LogP contribution in [0.1, 0.15) is 47.5 Å². The molecular weight excluding hydrogens is 268 g/mol. The van der Waals surface area contributed by atoms with E-state index >= 15 is 0 Å². The van der Waals surface area contributed by atoms with Crippen LogP contribution >= 0.6 is 0 Å². The van der Waals surface area contributed by atoms with Crippen LogP contribution in [0.4, 0.5) is 0 Å². The molecule has 2 atom stereocenters. The summed E-state index contributed by atoms with van der Waals surface area (Å²) in [5.41, 5.74) is 0.173. The maximum atomic E-state index is 12.2. The third-order valence-electron chi connectivity index (χ3n) is 3.73. The molecule has 2 N–H and O–H groups in total. The molecule has 1 fully saturated rings. The quantitative estimate of drug-likeness (QED) is 0.814. The van der Waals surface area contributed by atoms with E-state index in [-0.39, 0.29) is 35.6 Å². The van der Waals surface area contributed by atoms with Crippen LogP contribution in [-0.4, -0.2) is 47.6 Å². The van der Waals surface area contributed by atoms with E-state index in [2.05, 4.69) is 26.1 Å². The van der Waals surface area contributed by atoms with Crippen molar-refractivity contribution in [1.29, 1.82) is 0 Å². The molecule has 0 radical (unpaired) electrons. The van der Waals surface area contributed by atoms with Gasteiger partial charge in [-0.2, -0.15) is 0 Å². The Morgan fingerprint density at radius 3 is 2.38 bits per heavy atom. The molecule has 1 amide bonds. The van der Waals surface area contributed by atoms with Crippen LogP contribution in [-0.2, 0) is 9.59 Å². The van der Waals surface area contributed by atoms with Gasteiger partial charge in [0.05, 0.1) is 0 Å². The normalized spacial score (nSPS) is 23.4. The van der Waals surface area contributed by atoms with Crippen LogP contribution in [0.5, 0.6) is 0 Å². The Kier molecular flexibility index (Phi) is 6.20. The Hall–Kier alpha value is -1.10. The molecule has 1 rings (SSSR count). The topological polar surface area (TPSA) is 69.6 Å².